The number of piperazine rings is 1. The lowest BCUT2D eigenvalue weighted by molar-refractivity contribution is -0.143. The molecule has 1 fully saturated rings. The summed E-state index contributed by atoms with van der Waals surface area (Å²) < 4.78 is 5.63. The van der Waals surface area contributed by atoms with E-state index in [2.05, 4.69) is 15.3 Å². The van der Waals surface area contributed by atoms with E-state index in [0.29, 0.717) is 23.9 Å². The Hall–Kier alpha value is -2.71. The van der Waals surface area contributed by atoms with E-state index >= 15 is 0 Å². The molecule has 4 rings (SSSR count). The topological polar surface area (TPSA) is 84.4 Å². The number of hydrogen-bond donors (Lipinski definition) is 1. The second-order valence-corrected chi connectivity index (χ2v) is 7.80. The van der Waals surface area contributed by atoms with Crippen LogP contribution in [0, 0.1) is 0 Å². The van der Waals surface area contributed by atoms with Gasteiger partial charge in [0.2, 0.25) is 5.91 Å². The van der Waals surface area contributed by atoms with E-state index in [1.807, 2.05) is 35.2 Å². The van der Waals surface area contributed by atoms with Gasteiger partial charge in [-0.3, -0.25) is 9.59 Å². The lowest BCUT2D eigenvalue weighted by Gasteiger charge is -2.35. The molecule has 1 atom stereocenters. The zero-order valence-corrected chi connectivity index (χ0v) is 16.6. The first-order chi connectivity index (χ1) is 13.6. The van der Waals surface area contributed by atoms with Crippen molar-refractivity contribution in [1.82, 2.24) is 15.3 Å². The Kier molecular flexibility index (Phi) is 5.15. The van der Waals surface area contributed by atoms with Gasteiger partial charge in [0, 0.05) is 23.0 Å². The number of hydrogen-bond acceptors (Lipinski definition) is 7. The molecule has 0 aliphatic carbocycles. The number of nitrogens with zero attached hydrogens (tertiary/aromatic N) is 3. The number of amides is 1. The van der Waals surface area contributed by atoms with E-state index in [0.717, 1.165) is 20.7 Å². The standard InChI is InChI=1S/C19H17ClN4O3S/c1-27-16(25)9-14-19(26)21-6-7-24(14)18-17-13(22-10-23-18)8-15(28-17)11-2-4-12(20)5-3-11/h2-5,8,10,14H,6-7,9H2,1H3,(H,21,26). The molecule has 9 heteroatoms. The molecule has 2 aromatic heterocycles. The van der Waals surface area contributed by atoms with Crippen LogP contribution in [-0.4, -0.2) is 48.1 Å². The molecule has 1 saturated heterocycles. The Morgan fingerprint density at radius 1 is 1.36 bits per heavy atom. The van der Waals surface area contributed by atoms with Crippen LogP contribution in [0.3, 0.4) is 0 Å². The number of aromatic nitrogens is 2. The second kappa shape index (κ2) is 7.73. The summed E-state index contributed by atoms with van der Waals surface area (Å²) >= 11 is 7.53. The summed E-state index contributed by atoms with van der Waals surface area (Å²) in [6.45, 7) is 1.03. The highest BCUT2D eigenvalue weighted by atomic mass is 35.5. The molecular formula is C19H17ClN4O3S. The highest BCUT2D eigenvalue weighted by Crippen LogP contribution is 2.38. The molecule has 0 bridgehead atoms. The first-order valence-corrected chi connectivity index (χ1v) is 9.88. The van der Waals surface area contributed by atoms with E-state index in [1.165, 1.54) is 13.4 Å². The van der Waals surface area contributed by atoms with E-state index in [9.17, 15) is 9.59 Å². The maximum atomic E-state index is 12.4. The van der Waals surface area contributed by atoms with Crippen molar-refractivity contribution < 1.29 is 14.3 Å². The van der Waals surface area contributed by atoms with Crippen molar-refractivity contribution in [2.75, 3.05) is 25.1 Å². The molecule has 144 valence electrons. The number of esters is 1. The minimum atomic E-state index is -0.666. The van der Waals surface area contributed by atoms with E-state index < -0.39 is 12.0 Å². The van der Waals surface area contributed by atoms with Crippen LogP contribution in [0.15, 0.2) is 36.7 Å². The Labute approximate surface area is 170 Å². The summed E-state index contributed by atoms with van der Waals surface area (Å²) in [4.78, 5) is 35.9. The van der Waals surface area contributed by atoms with Crippen molar-refractivity contribution in [3.05, 3.63) is 41.7 Å². The predicted molar refractivity (Wildman–Crippen MR) is 109 cm³/mol. The van der Waals surface area contributed by atoms with Gasteiger partial charge < -0.3 is 15.0 Å². The minimum absolute atomic E-state index is 0.0384. The molecule has 1 N–H and O–H groups in total. The van der Waals surface area contributed by atoms with Crippen molar-refractivity contribution in [2.45, 2.75) is 12.5 Å². The van der Waals surface area contributed by atoms with Crippen LogP contribution in [0.5, 0.6) is 0 Å². The minimum Gasteiger partial charge on any atom is -0.469 e. The number of carbonyl (C=O) groups is 2. The smallest absolute Gasteiger partial charge is 0.308 e. The van der Waals surface area contributed by atoms with Crippen LogP contribution in [0.25, 0.3) is 20.7 Å². The van der Waals surface area contributed by atoms with Crippen LogP contribution in [0.4, 0.5) is 5.82 Å². The first-order valence-electron chi connectivity index (χ1n) is 8.68. The largest absolute Gasteiger partial charge is 0.469 e. The SMILES string of the molecule is COC(=O)CC1C(=O)NCCN1c1ncnc2cc(-c3ccc(Cl)cc3)sc12. The molecular weight excluding hydrogens is 400 g/mol. The van der Waals surface area contributed by atoms with Gasteiger partial charge in [0.05, 0.1) is 23.7 Å². The average Bonchev–Trinajstić information content (AvgIpc) is 3.14. The summed E-state index contributed by atoms with van der Waals surface area (Å²) in [5.74, 6) is 0.00208. The van der Waals surface area contributed by atoms with Crippen LogP contribution < -0.4 is 10.2 Å². The number of halogens is 1. The Morgan fingerprint density at radius 3 is 2.89 bits per heavy atom. The molecule has 1 unspecified atom stereocenters. The fourth-order valence-electron chi connectivity index (χ4n) is 3.22. The first kappa shape index (κ1) is 18.6. The number of ether oxygens (including phenoxy) is 1. The number of thiophene rings is 1. The predicted octanol–water partition coefficient (Wildman–Crippen LogP) is 2.88. The lowest BCUT2D eigenvalue weighted by atomic mass is 10.1. The summed E-state index contributed by atoms with van der Waals surface area (Å²) in [6, 6.07) is 8.92. The Bertz CT molecular complexity index is 1040. The third kappa shape index (κ3) is 3.53. The number of fused-ring (bicyclic) bond motifs is 1. The van der Waals surface area contributed by atoms with Crippen molar-refractivity contribution >= 4 is 50.8 Å². The lowest BCUT2D eigenvalue weighted by Crippen LogP contribution is -2.56. The summed E-state index contributed by atoms with van der Waals surface area (Å²) in [6.07, 6.45) is 1.45. The zero-order chi connectivity index (χ0) is 19.7. The molecule has 1 aliphatic rings. The average molecular weight is 417 g/mol. The number of anilines is 1. The zero-order valence-electron chi connectivity index (χ0n) is 15.0. The molecule has 0 radical (unpaired) electrons. The van der Waals surface area contributed by atoms with E-state index in [4.69, 9.17) is 16.3 Å². The van der Waals surface area contributed by atoms with Crippen LogP contribution in [0.1, 0.15) is 6.42 Å². The number of carbonyl (C=O) groups excluding carboxylic acids is 2. The van der Waals surface area contributed by atoms with Gasteiger partial charge in [-0.05, 0) is 23.8 Å². The molecule has 1 amide bonds. The molecule has 0 spiro atoms. The molecule has 7 nitrogen and oxygen atoms in total. The van der Waals surface area contributed by atoms with Crippen LogP contribution in [0.2, 0.25) is 5.02 Å². The summed E-state index contributed by atoms with van der Waals surface area (Å²) in [5, 5.41) is 3.48. The Balaban J connectivity index is 1.75. The van der Waals surface area contributed by atoms with Crippen LogP contribution in [-0.2, 0) is 14.3 Å². The van der Waals surface area contributed by atoms with Crippen molar-refractivity contribution in [3.8, 4) is 10.4 Å². The molecule has 3 aromatic rings. The van der Waals surface area contributed by atoms with Gasteiger partial charge >= 0.3 is 5.97 Å². The van der Waals surface area contributed by atoms with Crippen LogP contribution >= 0.6 is 22.9 Å². The van der Waals surface area contributed by atoms with E-state index in [1.54, 1.807) is 11.3 Å². The van der Waals surface area contributed by atoms with Crippen molar-refractivity contribution in [3.63, 3.8) is 0 Å². The third-order valence-corrected chi connectivity index (χ3v) is 6.03. The number of rotatable bonds is 4. The van der Waals surface area contributed by atoms with Gasteiger partial charge in [0.1, 0.15) is 12.4 Å². The molecule has 1 aromatic carbocycles. The summed E-state index contributed by atoms with van der Waals surface area (Å²) in [7, 11) is 1.31. The normalized spacial score (nSPS) is 16.9. The summed E-state index contributed by atoms with van der Waals surface area (Å²) in [5.41, 5.74) is 1.82. The highest BCUT2D eigenvalue weighted by molar-refractivity contribution is 7.22. The quantitative estimate of drug-likeness (QED) is 0.658. The van der Waals surface area contributed by atoms with Crippen molar-refractivity contribution in [2.24, 2.45) is 0 Å². The van der Waals surface area contributed by atoms with Gasteiger partial charge in [0.25, 0.3) is 0 Å². The van der Waals surface area contributed by atoms with Crippen molar-refractivity contribution in [1.29, 1.82) is 0 Å². The molecule has 1 aliphatic heterocycles. The number of nitrogens with one attached hydrogen (secondary N) is 1. The monoisotopic (exact) mass is 416 g/mol. The maximum absolute atomic E-state index is 12.4. The second-order valence-electron chi connectivity index (χ2n) is 6.31. The fourth-order valence-corrected chi connectivity index (χ4v) is 4.46. The fraction of sp³-hybridized carbons (Fsp3) is 0.263. The van der Waals surface area contributed by atoms with Gasteiger partial charge in [-0.1, -0.05) is 23.7 Å². The van der Waals surface area contributed by atoms with Gasteiger partial charge in [0.15, 0.2) is 5.82 Å². The highest BCUT2D eigenvalue weighted by Gasteiger charge is 2.34. The van der Waals surface area contributed by atoms with Gasteiger partial charge in [-0.15, -0.1) is 11.3 Å². The van der Waals surface area contributed by atoms with Gasteiger partial charge in [-0.2, -0.15) is 0 Å². The maximum Gasteiger partial charge on any atom is 0.308 e. The third-order valence-electron chi connectivity index (χ3n) is 4.61. The van der Waals surface area contributed by atoms with Gasteiger partial charge in [-0.25, -0.2) is 9.97 Å². The number of benzene rings is 1. The molecule has 0 saturated carbocycles. The Morgan fingerprint density at radius 2 is 2.14 bits per heavy atom. The number of methoxy groups -OCH3 is 1. The van der Waals surface area contributed by atoms with E-state index in [-0.39, 0.29) is 12.3 Å². The molecule has 28 heavy (non-hydrogen) atoms. The molecule has 3 heterocycles.